The van der Waals surface area contributed by atoms with Gasteiger partial charge in [-0.1, -0.05) is 40.7 Å². The van der Waals surface area contributed by atoms with Crippen LogP contribution in [0.4, 0.5) is 0 Å². The number of carbonyl (C=O) groups excluding carboxylic acids is 1. The molecule has 28 heavy (non-hydrogen) atoms. The van der Waals surface area contributed by atoms with E-state index in [1.165, 1.54) is 0 Å². The highest BCUT2D eigenvalue weighted by molar-refractivity contribution is 6.06. The molecule has 0 fully saturated rings. The van der Waals surface area contributed by atoms with Crippen molar-refractivity contribution < 1.29 is 4.79 Å². The first-order valence-corrected chi connectivity index (χ1v) is 9.17. The Morgan fingerprint density at radius 1 is 1.21 bits per heavy atom. The molecule has 0 saturated heterocycles. The molecular weight excluding hydrogens is 350 g/mol. The molecule has 142 valence electrons. The number of fused-ring (bicyclic) bond motifs is 1. The standard InChI is InChI=1S/C22H23N5O/c1-13(2)20(28)16-11-25-21-19(16)27-18(12-26-21)14-6-7-17(24-10-14)15(9-23)8-22(3,4)5/h6-8,10-13H,1-5H3,(H,25,26)/b15-8-. The van der Waals surface area contributed by atoms with Gasteiger partial charge in [-0.2, -0.15) is 5.26 Å². The summed E-state index contributed by atoms with van der Waals surface area (Å²) in [4.78, 5) is 28.8. The summed E-state index contributed by atoms with van der Waals surface area (Å²) in [5.74, 6) is -0.0958. The van der Waals surface area contributed by atoms with Gasteiger partial charge in [0.1, 0.15) is 11.6 Å². The van der Waals surface area contributed by atoms with Crippen LogP contribution in [0.2, 0.25) is 0 Å². The smallest absolute Gasteiger partial charge is 0.169 e. The van der Waals surface area contributed by atoms with Crippen LogP contribution in [0, 0.1) is 22.7 Å². The number of allylic oxidation sites excluding steroid dienone is 2. The van der Waals surface area contributed by atoms with E-state index in [1.54, 1.807) is 24.7 Å². The lowest BCUT2D eigenvalue weighted by Gasteiger charge is -2.12. The van der Waals surface area contributed by atoms with Crippen molar-refractivity contribution in [3.63, 3.8) is 0 Å². The van der Waals surface area contributed by atoms with Crippen LogP contribution in [0.15, 0.2) is 36.8 Å². The van der Waals surface area contributed by atoms with Gasteiger partial charge in [0.05, 0.1) is 28.7 Å². The molecule has 6 heteroatoms. The fourth-order valence-electron chi connectivity index (χ4n) is 2.83. The molecular formula is C22H23N5O. The number of pyridine rings is 1. The number of hydrogen-bond acceptors (Lipinski definition) is 5. The van der Waals surface area contributed by atoms with E-state index in [-0.39, 0.29) is 17.1 Å². The summed E-state index contributed by atoms with van der Waals surface area (Å²) in [6, 6.07) is 5.88. The van der Waals surface area contributed by atoms with Crippen molar-refractivity contribution in [3.8, 4) is 17.3 Å². The third-order valence-corrected chi connectivity index (χ3v) is 4.20. The van der Waals surface area contributed by atoms with Gasteiger partial charge in [0.2, 0.25) is 0 Å². The summed E-state index contributed by atoms with van der Waals surface area (Å²) < 4.78 is 0. The van der Waals surface area contributed by atoms with Crippen LogP contribution >= 0.6 is 0 Å². The summed E-state index contributed by atoms with van der Waals surface area (Å²) in [6.45, 7) is 9.83. The fourth-order valence-corrected chi connectivity index (χ4v) is 2.83. The molecule has 3 aromatic heterocycles. The van der Waals surface area contributed by atoms with Gasteiger partial charge in [0, 0.05) is 23.9 Å². The third kappa shape index (κ3) is 3.99. The number of hydrogen-bond donors (Lipinski definition) is 1. The molecule has 0 radical (unpaired) electrons. The number of nitrogens with one attached hydrogen (secondary N) is 1. The second-order valence-electron chi connectivity index (χ2n) is 8.14. The molecule has 0 aliphatic rings. The molecule has 0 saturated carbocycles. The topological polar surface area (TPSA) is 95.3 Å². The van der Waals surface area contributed by atoms with Gasteiger partial charge < -0.3 is 4.98 Å². The molecule has 0 unspecified atom stereocenters. The number of carbonyl (C=O) groups is 1. The Morgan fingerprint density at radius 3 is 2.54 bits per heavy atom. The molecule has 0 spiro atoms. The zero-order valence-electron chi connectivity index (χ0n) is 16.7. The monoisotopic (exact) mass is 373 g/mol. The zero-order chi connectivity index (χ0) is 20.5. The maximum atomic E-state index is 12.4. The lowest BCUT2D eigenvalue weighted by atomic mass is 9.92. The molecule has 0 amide bonds. The molecule has 0 aromatic carbocycles. The number of nitrogens with zero attached hydrogens (tertiary/aromatic N) is 4. The van der Waals surface area contributed by atoms with Gasteiger partial charge in [-0.15, -0.1) is 0 Å². The maximum absolute atomic E-state index is 12.4. The first kappa shape index (κ1) is 19.4. The maximum Gasteiger partial charge on any atom is 0.169 e. The van der Waals surface area contributed by atoms with Crippen LogP contribution in [0.3, 0.4) is 0 Å². The number of aromatic nitrogens is 4. The Hall–Kier alpha value is -3.33. The van der Waals surface area contributed by atoms with Crippen molar-refractivity contribution in [2.45, 2.75) is 34.6 Å². The molecule has 0 aliphatic heterocycles. The van der Waals surface area contributed by atoms with Gasteiger partial charge >= 0.3 is 0 Å². The highest BCUT2D eigenvalue weighted by Gasteiger charge is 2.18. The van der Waals surface area contributed by atoms with Gasteiger partial charge in [0.15, 0.2) is 11.4 Å². The first-order valence-electron chi connectivity index (χ1n) is 9.17. The van der Waals surface area contributed by atoms with Gasteiger partial charge in [-0.3, -0.25) is 9.78 Å². The Morgan fingerprint density at radius 2 is 1.96 bits per heavy atom. The SMILES string of the molecule is CC(C)C(=O)c1c[nH]c2ncc(-c3ccc(/C(C#N)=C\C(C)(C)C)nc3)nc12. The van der Waals surface area contributed by atoms with Crippen LogP contribution in [-0.2, 0) is 0 Å². The predicted octanol–water partition coefficient (Wildman–Crippen LogP) is 4.81. The summed E-state index contributed by atoms with van der Waals surface area (Å²) in [5, 5.41) is 9.44. The minimum Gasteiger partial charge on any atom is -0.344 e. The fraction of sp³-hybridized carbons (Fsp3) is 0.318. The lowest BCUT2D eigenvalue weighted by molar-refractivity contribution is 0.0941. The Labute approximate surface area is 164 Å². The minimum absolute atomic E-state index is 0.0251. The molecule has 0 bridgehead atoms. The van der Waals surface area contributed by atoms with Crippen molar-refractivity contribution in [2.24, 2.45) is 11.3 Å². The molecule has 0 atom stereocenters. The third-order valence-electron chi connectivity index (χ3n) is 4.20. The van der Waals surface area contributed by atoms with E-state index in [0.717, 1.165) is 5.56 Å². The van der Waals surface area contributed by atoms with Crippen LogP contribution in [0.1, 0.15) is 50.7 Å². The Kier molecular flexibility index (Phi) is 5.10. The number of ketones is 1. The predicted molar refractivity (Wildman–Crippen MR) is 109 cm³/mol. The van der Waals surface area contributed by atoms with E-state index in [9.17, 15) is 10.1 Å². The summed E-state index contributed by atoms with van der Waals surface area (Å²) in [6.07, 6.45) is 6.89. The quantitative estimate of drug-likeness (QED) is 0.523. The van der Waals surface area contributed by atoms with Crippen LogP contribution in [0.5, 0.6) is 0 Å². The van der Waals surface area contributed by atoms with Crippen molar-refractivity contribution in [2.75, 3.05) is 0 Å². The Balaban J connectivity index is 1.99. The van der Waals surface area contributed by atoms with Gasteiger partial charge in [0.25, 0.3) is 0 Å². The van der Waals surface area contributed by atoms with E-state index in [2.05, 4.69) is 26.0 Å². The number of Topliss-reactive ketones (excluding diaryl/α,β-unsaturated/α-hetero) is 1. The lowest BCUT2D eigenvalue weighted by Crippen LogP contribution is -2.07. The molecule has 3 heterocycles. The first-order chi connectivity index (χ1) is 13.2. The molecule has 6 nitrogen and oxygen atoms in total. The van der Waals surface area contributed by atoms with Gasteiger partial charge in [-0.05, 0) is 17.5 Å². The normalized spacial score (nSPS) is 12.4. The molecule has 0 aliphatic carbocycles. The average Bonchev–Trinajstić information content (AvgIpc) is 3.08. The largest absolute Gasteiger partial charge is 0.344 e. The second-order valence-corrected chi connectivity index (χ2v) is 8.14. The van der Waals surface area contributed by atoms with Crippen LogP contribution in [0.25, 0.3) is 28.0 Å². The van der Waals surface area contributed by atoms with E-state index < -0.39 is 0 Å². The van der Waals surface area contributed by atoms with Gasteiger partial charge in [-0.25, -0.2) is 9.97 Å². The van der Waals surface area contributed by atoms with E-state index >= 15 is 0 Å². The average molecular weight is 373 g/mol. The molecule has 1 N–H and O–H groups in total. The van der Waals surface area contributed by atoms with Crippen molar-refractivity contribution in [1.82, 2.24) is 19.9 Å². The number of nitriles is 1. The molecule has 3 aromatic rings. The zero-order valence-corrected chi connectivity index (χ0v) is 16.7. The number of rotatable bonds is 4. The Bertz CT molecular complexity index is 1090. The van der Waals surface area contributed by atoms with Crippen molar-refractivity contribution in [3.05, 3.63) is 48.1 Å². The summed E-state index contributed by atoms with van der Waals surface area (Å²) >= 11 is 0. The number of aromatic amines is 1. The van der Waals surface area contributed by atoms with E-state index in [0.29, 0.717) is 33.7 Å². The minimum atomic E-state index is -0.121. The van der Waals surface area contributed by atoms with Crippen LogP contribution < -0.4 is 0 Å². The highest BCUT2D eigenvalue weighted by atomic mass is 16.1. The van der Waals surface area contributed by atoms with Crippen molar-refractivity contribution in [1.29, 1.82) is 5.26 Å². The summed E-state index contributed by atoms with van der Waals surface area (Å²) in [7, 11) is 0. The highest BCUT2D eigenvalue weighted by Crippen LogP contribution is 2.25. The van der Waals surface area contributed by atoms with Crippen molar-refractivity contribution >= 4 is 22.5 Å². The van der Waals surface area contributed by atoms with E-state index in [4.69, 9.17) is 0 Å². The molecule has 3 rings (SSSR count). The van der Waals surface area contributed by atoms with Crippen LogP contribution in [-0.4, -0.2) is 25.7 Å². The number of H-pyrrole nitrogens is 1. The second kappa shape index (κ2) is 7.35. The van der Waals surface area contributed by atoms with E-state index in [1.807, 2.05) is 46.8 Å². The summed E-state index contributed by atoms with van der Waals surface area (Å²) in [5.41, 5.74) is 4.13.